The lowest BCUT2D eigenvalue weighted by molar-refractivity contribution is 0.0527. The normalized spacial score (nSPS) is 9.07. The molecular formula is C43H62IN3O8. The number of rotatable bonds is 15. The molecule has 55 heavy (non-hydrogen) atoms. The number of aliphatic imine (C=N–C) groups is 2. The van der Waals surface area contributed by atoms with Gasteiger partial charge in [-0.05, 0) is 101 Å². The molecule has 0 radical (unpaired) electrons. The van der Waals surface area contributed by atoms with Crippen LogP contribution in [0.5, 0.6) is 0 Å². The van der Waals surface area contributed by atoms with Crippen LogP contribution in [0.3, 0.4) is 0 Å². The highest BCUT2D eigenvalue weighted by molar-refractivity contribution is 14.1. The molecule has 0 unspecified atom stereocenters. The Labute approximate surface area is 343 Å². The van der Waals surface area contributed by atoms with E-state index in [9.17, 15) is 14.4 Å². The topological polar surface area (TPSA) is 178 Å². The molecule has 0 bridgehead atoms. The van der Waals surface area contributed by atoms with E-state index >= 15 is 0 Å². The molecule has 0 atom stereocenters. The van der Waals surface area contributed by atoms with Crippen LogP contribution in [0.25, 0.3) is 0 Å². The van der Waals surface area contributed by atoms with E-state index in [-0.39, 0.29) is 29.7 Å². The first-order chi connectivity index (χ1) is 25.3. The molecule has 1 amide bonds. The molecule has 12 heteroatoms. The summed E-state index contributed by atoms with van der Waals surface area (Å²) in [4.78, 5) is 39.0. The highest BCUT2D eigenvalue weighted by Crippen LogP contribution is 2.18. The fraction of sp³-hybridized carbons (Fsp3) is 0.372. The summed E-state index contributed by atoms with van der Waals surface area (Å²) in [5.74, 6) is 0. The summed E-state index contributed by atoms with van der Waals surface area (Å²) < 4.78 is 10.6. The zero-order chi connectivity index (χ0) is 38.2. The number of hydrogen-bond acceptors (Lipinski definition) is 10. The van der Waals surface area contributed by atoms with Crippen molar-refractivity contribution in [1.29, 1.82) is 0 Å². The zero-order valence-electron chi connectivity index (χ0n) is 29.4. The van der Waals surface area contributed by atoms with Crippen LogP contribution in [0.15, 0.2) is 107 Å². The molecule has 0 heterocycles. The number of isocyanates is 2. The largest absolute Gasteiger partial charge is 0.422 e. The van der Waals surface area contributed by atoms with E-state index in [0.717, 1.165) is 48.8 Å². The van der Waals surface area contributed by atoms with E-state index in [0.29, 0.717) is 28.6 Å². The Balaban J connectivity index is -0.000000411. The molecule has 4 rings (SSSR count). The Morgan fingerprint density at radius 2 is 0.982 bits per heavy atom. The van der Waals surface area contributed by atoms with Gasteiger partial charge in [-0.2, -0.15) is 9.98 Å². The van der Waals surface area contributed by atoms with Gasteiger partial charge < -0.3 is 25.2 Å². The highest BCUT2D eigenvalue weighted by Gasteiger charge is 2.03. The average Bonchev–Trinajstić information content (AvgIpc) is 3.14. The SMILES string of the molecule is C.C.C.C.O=C(Nc1ccc(Cc2ccc(CCCCCCCO)cc2)cc1)OCO.O=C=Nc1ccc(Cc2ccc(N=C=O)cc2)cc1.OCO.[2H]CI. The standard InChI is InChI=1S/C22H29NO4.C15H10N2O2.CH3I.CH4O2.4CH4/c24-15-5-3-1-2-4-6-18-7-9-19(10-8-18)16-20-11-13-21(14-12-20)23-22(26)27-17-25;18-10-16-14-5-1-12(2-6-14)9-13-3-7-15(8-4-13)17-11-19;1-2;2-1-3;;;;/h7-14,24-25H,1-6,15-17H2,(H,23,26);1-8H,9H2;1H3;2-3H,1H2;4*1H4/i;;1D;;;;;. The van der Waals surface area contributed by atoms with Gasteiger partial charge in [-0.15, -0.1) is 0 Å². The number of hydrogen-bond donors (Lipinski definition) is 5. The first-order valence-corrected chi connectivity index (χ1v) is 17.6. The van der Waals surface area contributed by atoms with Crippen LogP contribution in [-0.2, 0) is 33.6 Å². The third-order valence-electron chi connectivity index (χ3n) is 7.08. The number of nitrogens with zero attached hydrogens (tertiary/aromatic N) is 2. The quantitative estimate of drug-likeness (QED) is 0.0196. The molecule has 0 saturated heterocycles. The van der Waals surface area contributed by atoms with Gasteiger partial charge in [0.25, 0.3) is 0 Å². The van der Waals surface area contributed by atoms with Crippen molar-refractivity contribution in [1.82, 2.24) is 0 Å². The Bertz CT molecular complexity index is 1550. The maximum absolute atomic E-state index is 11.3. The van der Waals surface area contributed by atoms with Crippen LogP contribution in [0, 0.1) is 0 Å². The number of amides is 1. The summed E-state index contributed by atoms with van der Waals surface area (Å²) in [6.07, 6.45) is 10.7. The maximum atomic E-state index is 11.3. The Morgan fingerprint density at radius 1 is 0.636 bits per heavy atom. The molecule has 0 saturated carbocycles. The predicted molar refractivity (Wildman–Crippen MR) is 234 cm³/mol. The summed E-state index contributed by atoms with van der Waals surface area (Å²) in [6.45, 7) is -1.08. The van der Waals surface area contributed by atoms with E-state index in [1.807, 2.05) is 71.1 Å². The molecule has 0 aliphatic carbocycles. The summed E-state index contributed by atoms with van der Waals surface area (Å²) >= 11 is 1.96. The van der Waals surface area contributed by atoms with Crippen LogP contribution in [-0.4, -0.2) is 63.8 Å². The fourth-order valence-corrected chi connectivity index (χ4v) is 4.67. The molecule has 11 nitrogen and oxygen atoms in total. The molecule has 0 aliphatic heterocycles. The van der Waals surface area contributed by atoms with Crippen LogP contribution in [0.4, 0.5) is 21.9 Å². The Hall–Kier alpha value is -4.52. The maximum Gasteiger partial charge on any atom is 0.413 e. The van der Waals surface area contributed by atoms with Crippen molar-refractivity contribution < 1.29 is 40.9 Å². The van der Waals surface area contributed by atoms with Gasteiger partial charge in [0.15, 0.2) is 6.79 Å². The summed E-state index contributed by atoms with van der Waals surface area (Å²) in [5.41, 5.74) is 7.81. The number of nitrogens with one attached hydrogen (secondary N) is 1. The lowest BCUT2D eigenvalue weighted by atomic mass is 10.0. The number of aryl methyl sites for hydroxylation is 1. The number of anilines is 1. The molecular weight excluding hydrogens is 813 g/mol. The minimum absolute atomic E-state index is 0. The molecule has 4 aromatic rings. The number of alkyl halides is 1. The van der Waals surface area contributed by atoms with E-state index in [2.05, 4.69) is 44.3 Å². The predicted octanol–water partition coefficient (Wildman–Crippen LogP) is 10.00. The highest BCUT2D eigenvalue weighted by atomic mass is 127. The first kappa shape index (κ1) is 54.8. The second-order valence-electron chi connectivity index (χ2n) is 10.7. The van der Waals surface area contributed by atoms with Crippen molar-refractivity contribution in [3.63, 3.8) is 0 Å². The van der Waals surface area contributed by atoms with Gasteiger partial charge in [0.1, 0.15) is 6.79 Å². The second-order valence-corrected chi connectivity index (χ2v) is 10.7. The summed E-state index contributed by atoms with van der Waals surface area (Å²) in [7, 11) is 0. The molecule has 0 aliphatic rings. The molecule has 0 fully saturated rings. The van der Waals surface area contributed by atoms with Crippen molar-refractivity contribution >= 4 is 57.9 Å². The van der Waals surface area contributed by atoms with E-state index in [1.165, 1.54) is 42.5 Å². The molecule has 5 N–H and O–H groups in total. The summed E-state index contributed by atoms with van der Waals surface area (Å²) in [5, 5.41) is 34.1. The fourth-order valence-electron chi connectivity index (χ4n) is 4.67. The average molecular weight is 877 g/mol. The molecule has 4 aromatic carbocycles. The van der Waals surface area contributed by atoms with E-state index < -0.39 is 19.7 Å². The van der Waals surface area contributed by atoms with Gasteiger partial charge in [-0.1, -0.05) is 132 Å². The third-order valence-corrected chi connectivity index (χ3v) is 7.08. The van der Waals surface area contributed by atoms with Crippen LogP contribution in [0.1, 0.15) is 91.0 Å². The number of aliphatic hydroxyl groups is 4. The van der Waals surface area contributed by atoms with Crippen LogP contribution < -0.4 is 5.32 Å². The van der Waals surface area contributed by atoms with Gasteiger partial charge >= 0.3 is 6.09 Å². The van der Waals surface area contributed by atoms with Crippen LogP contribution >= 0.6 is 22.6 Å². The van der Waals surface area contributed by atoms with Crippen molar-refractivity contribution in [2.45, 2.75) is 81.1 Å². The van der Waals surface area contributed by atoms with E-state index in [4.69, 9.17) is 21.8 Å². The van der Waals surface area contributed by atoms with Gasteiger partial charge in [0.05, 0.1) is 11.4 Å². The second kappa shape index (κ2) is 37.8. The number of halogens is 1. The Kier molecular flexibility index (Phi) is 37.7. The smallest absolute Gasteiger partial charge is 0.413 e. The number of aliphatic hydroxyl groups excluding tert-OH is 3. The van der Waals surface area contributed by atoms with Gasteiger partial charge in [0, 0.05) is 13.7 Å². The van der Waals surface area contributed by atoms with Crippen LogP contribution in [0.2, 0.25) is 0 Å². The van der Waals surface area contributed by atoms with Crippen molar-refractivity contribution in [2.75, 3.05) is 30.4 Å². The Morgan fingerprint density at radius 3 is 1.36 bits per heavy atom. The number of carbonyl (C=O) groups excluding carboxylic acids is 3. The van der Waals surface area contributed by atoms with Gasteiger partial charge in [-0.3, -0.25) is 5.32 Å². The molecule has 304 valence electrons. The van der Waals surface area contributed by atoms with Gasteiger partial charge in [-0.25, -0.2) is 14.4 Å². The number of ether oxygens (including phenoxy) is 1. The monoisotopic (exact) mass is 876 g/mol. The lowest BCUT2D eigenvalue weighted by Gasteiger charge is -2.07. The number of unbranched alkanes of at least 4 members (excludes halogenated alkanes) is 4. The van der Waals surface area contributed by atoms with Crippen molar-refractivity contribution in [3.05, 3.63) is 125 Å². The minimum atomic E-state index is -0.750. The van der Waals surface area contributed by atoms with E-state index in [1.54, 1.807) is 24.3 Å². The number of benzene rings is 4. The lowest BCUT2D eigenvalue weighted by Crippen LogP contribution is -2.13. The molecule has 0 spiro atoms. The van der Waals surface area contributed by atoms with Crippen molar-refractivity contribution in [3.8, 4) is 0 Å². The summed E-state index contributed by atoms with van der Waals surface area (Å²) in [6, 6.07) is 31.0. The molecule has 0 aromatic heterocycles. The number of carbonyl (C=O) groups is 1. The van der Waals surface area contributed by atoms with Crippen molar-refractivity contribution in [2.24, 2.45) is 9.98 Å². The van der Waals surface area contributed by atoms with Gasteiger partial charge in [0.2, 0.25) is 12.2 Å². The zero-order valence-corrected chi connectivity index (χ0v) is 30.6. The third kappa shape index (κ3) is 26.8. The minimum Gasteiger partial charge on any atom is -0.422 e. The first-order valence-electron chi connectivity index (χ1n) is 16.8.